The van der Waals surface area contributed by atoms with Gasteiger partial charge in [0.25, 0.3) is 0 Å². The number of hydrogen-bond acceptors (Lipinski definition) is 3. The lowest BCUT2D eigenvalue weighted by Crippen LogP contribution is -2.33. The van der Waals surface area contributed by atoms with Crippen molar-refractivity contribution in [2.24, 2.45) is 0 Å². The fraction of sp³-hybridized carbons (Fsp3) is 0.308. The van der Waals surface area contributed by atoms with E-state index in [1.165, 1.54) is 29.0 Å². The molecule has 5 nitrogen and oxygen atoms in total. The number of ether oxygens (including phenoxy) is 1. The third-order valence-corrected chi connectivity index (χ3v) is 5.79. The number of halogens is 1. The number of cyclic esters (lactones) is 1. The molecule has 4 rings (SSSR count). The highest BCUT2D eigenvalue weighted by Gasteiger charge is 2.32. The SMILES string of the molecule is CC(=O)NC[C@H]1CN(c2ccc(-c3ccc(CCCC4=CC=CC4)cc3)c(F)c2)C(=O)O1. The highest BCUT2D eigenvalue weighted by molar-refractivity contribution is 5.90. The minimum absolute atomic E-state index is 0.190. The van der Waals surface area contributed by atoms with Crippen molar-refractivity contribution in [1.29, 1.82) is 0 Å². The molecule has 0 saturated carbocycles. The minimum atomic E-state index is -0.541. The lowest BCUT2D eigenvalue weighted by Gasteiger charge is -2.15. The molecule has 32 heavy (non-hydrogen) atoms. The summed E-state index contributed by atoms with van der Waals surface area (Å²) in [4.78, 5) is 24.6. The first-order valence-electron chi connectivity index (χ1n) is 11.0. The van der Waals surface area contributed by atoms with E-state index in [4.69, 9.17) is 4.74 Å². The molecule has 0 unspecified atom stereocenters. The van der Waals surface area contributed by atoms with E-state index in [1.807, 2.05) is 12.1 Å². The number of allylic oxidation sites excluding steroid dienone is 4. The molecule has 1 aliphatic heterocycles. The van der Waals surface area contributed by atoms with Crippen molar-refractivity contribution in [3.8, 4) is 11.1 Å². The molecular weight excluding hydrogens is 407 g/mol. The van der Waals surface area contributed by atoms with Gasteiger partial charge in [0.15, 0.2) is 0 Å². The second kappa shape index (κ2) is 9.81. The van der Waals surface area contributed by atoms with Crippen molar-refractivity contribution in [2.75, 3.05) is 18.0 Å². The predicted octanol–water partition coefficient (Wildman–Crippen LogP) is 5.16. The molecule has 1 aliphatic carbocycles. The Morgan fingerprint density at radius 1 is 1.19 bits per heavy atom. The molecule has 166 valence electrons. The van der Waals surface area contributed by atoms with Gasteiger partial charge in [-0.15, -0.1) is 0 Å². The average molecular weight is 435 g/mol. The van der Waals surface area contributed by atoms with Gasteiger partial charge in [-0.25, -0.2) is 9.18 Å². The highest BCUT2D eigenvalue weighted by Crippen LogP contribution is 2.29. The Kier molecular flexibility index (Phi) is 6.69. The standard InChI is InChI=1S/C26H27FN2O3/c1-18(30)28-16-23-17-29(26(31)32-23)22-13-14-24(25(27)15-22)21-11-9-20(10-12-21)8-4-7-19-5-2-3-6-19/h2-3,5,9-15,23H,4,6-8,16-17H2,1H3,(H,28,30)/t23-/m0/s1. The zero-order valence-electron chi connectivity index (χ0n) is 18.1. The summed E-state index contributed by atoms with van der Waals surface area (Å²) in [7, 11) is 0. The maximum atomic E-state index is 14.9. The van der Waals surface area contributed by atoms with Crippen LogP contribution in [0, 0.1) is 5.82 Å². The summed E-state index contributed by atoms with van der Waals surface area (Å²) < 4.78 is 20.1. The normalized spacial score (nSPS) is 17.4. The first kappa shape index (κ1) is 21.8. The lowest BCUT2D eigenvalue weighted by atomic mass is 9.99. The topological polar surface area (TPSA) is 58.6 Å². The predicted molar refractivity (Wildman–Crippen MR) is 123 cm³/mol. The molecule has 0 radical (unpaired) electrons. The summed E-state index contributed by atoms with van der Waals surface area (Å²) in [5.41, 5.74) is 4.45. The molecular formula is C26H27FN2O3. The van der Waals surface area contributed by atoms with Crippen LogP contribution in [-0.4, -0.2) is 31.2 Å². The second-order valence-electron chi connectivity index (χ2n) is 8.23. The highest BCUT2D eigenvalue weighted by atomic mass is 19.1. The molecule has 1 heterocycles. The van der Waals surface area contributed by atoms with Gasteiger partial charge >= 0.3 is 6.09 Å². The van der Waals surface area contributed by atoms with Crippen LogP contribution in [0.3, 0.4) is 0 Å². The van der Waals surface area contributed by atoms with Crippen LogP contribution in [0.2, 0.25) is 0 Å². The van der Waals surface area contributed by atoms with Crippen LogP contribution in [0.5, 0.6) is 0 Å². The van der Waals surface area contributed by atoms with Crippen molar-refractivity contribution in [3.05, 3.63) is 77.6 Å². The van der Waals surface area contributed by atoms with Crippen molar-refractivity contribution in [1.82, 2.24) is 5.32 Å². The summed E-state index contributed by atoms with van der Waals surface area (Å²) in [5, 5.41) is 2.63. The molecule has 1 fully saturated rings. The molecule has 1 saturated heterocycles. The molecule has 6 heteroatoms. The van der Waals surface area contributed by atoms with Crippen LogP contribution in [0.4, 0.5) is 14.9 Å². The van der Waals surface area contributed by atoms with Gasteiger partial charge < -0.3 is 10.1 Å². The number of carbonyl (C=O) groups excluding carboxylic acids is 2. The summed E-state index contributed by atoms with van der Waals surface area (Å²) in [6.45, 7) is 1.90. The number of rotatable bonds is 8. The maximum absolute atomic E-state index is 14.9. The number of aryl methyl sites for hydroxylation is 1. The molecule has 2 aromatic carbocycles. The molecule has 2 aromatic rings. The lowest BCUT2D eigenvalue weighted by molar-refractivity contribution is -0.119. The van der Waals surface area contributed by atoms with Gasteiger partial charge in [-0.3, -0.25) is 9.69 Å². The summed E-state index contributed by atoms with van der Waals surface area (Å²) in [5.74, 6) is -0.585. The smallest absolute Gasteiger partial charge is 0.414 e. The zero-order chi connectivity index (χ0) is 22.5. The average Bonchev–Trinajstić information content (AvgIpc) is 3.42. The van der Waals surface area contributed by atoms with Gasteiger partial charge in [-0.2, -0.15) is 0 Å². The Labute approximate surface area is 187 Å². The van der Waals surface area contributed by atoms with Crippen LogP contribution in [0.25, 0.3) is 11.1 Å². The summed E-state index contributed by atoms with van der Waals surface area (Å²) >= 11 is 0. The number of carbonyl (C=O) groups is 2. The van der Waals surface area contributed by atoms with Crippen LogP contribution >= 0.6 is 0 Å². The number of nitrogens with one attached hydrogen (secondary N) is 1. The minimum Gasteiger partial charge on any atom is -0.442 e. The van der Waals surface area contributed by atoms with E-state index in [0.29, 0.717) is 11.3 Å². The number of benzene rings is 2. The molecule has 1 N–H and O–H groups in total. The van der Waals surface area contributed by atoms with Crippen molar-refractivity contribution in [3.63, 3.8) is 0 Å². The monoisotopic (exact) mass is 434 g/mol. The largest absolute Gasteiger partial charge is 0.442 e. The van der Waals surface area contributed by atoms with Crippen molar-refractivity contribution in [2.45, 2.75) is 38.7 Å². The van der Waals surface area contributed by atoms with E-state index in [-0.39, 0.29) is 19.0 Å². The first-order valence-corrected chi connectivity index (χ1v) is 11.0. The molecule has 0 aromatic heterocycles. The Morgan fingerprint density at radius 2 is 2.00 bits per heavy atom. The quantitative estimate of drug-likeness (QED) is 0.624. The van der Waals surface area contributed by atoms with E-state index in [1.54, 1.807) is 12.1 Å². The van der Waals surface area contributed by atoms with Gasteiger partial charge in [-0.05, 0) is 55.0 Å². The van der Waals surface area contributed by atoms with Gasteiger partial charge in [0.1, 0.15) is 11.9 Å². The first-order chi connectivity index (χ1) is 15.5. The molecule has 0 bridgehead atoms. The zero-order valence-corrected chi connectivity index (χ0v) is 18.1. The van der Waals surface area contributed by atoms with E-state index in [0.717, 1.165) is 31.2 Å². The van der Waals surface area contributed by atoms with Crippen LogP contribution < -0.4 is 10.2 Å². The fourth-order valence-corrected chi connectivity index (χ4v) is 4.05. The number of amides is 2. The van der Waals surface area contributed by atoms with Gasteiger partial charge in [-0.1, -0.05) is 48.1 Å². The van der Waals surface area contributed by atoms with E-state index >= 15 is 0 Å². The maximum Gasteiger partial charge on any atom is 0.414 e. The van der Waals surface area contributed by atoms with Crippen LogP contribution in [-0.2, 0) is 16.0 Å². The number of hydrogen-bond donors (Lipinski definition) is 1. The Morgan fingerprint density at radius 3 is 2.69 bits per heavy atom. The molecule has 0 spiro atoms. The van der Waals surface area contributed by atoms with Crippen molar-refractivity contribution < 1.29 is 18.7 Å². The number of nitrogens with zero attached hydrogens (tertiary/aromatic N) is 1. The Balaban J connectivity index is 1.37. The van der Waals surface area contributed by atoms with Gasteiger partial charge in [0.05, 0.1) is 18.8 Å². The fourth-order valence-electron chi connectivity index (χ4n) is 4.05. The van der Waals surface area contributed by atoms with Crippen LogP contribution in [0.1, 0.15) is 31.7 Å². The van der Waals surface area contributed by atoms with E-state index < -0.39 is 18.0 Å². The second-order valence-corrected chi connectivity index (χ2v) is 8.23. The summed E-state index contributed by atoms with van der Waals surface area (Å²) in [6.07, 6.45) is 9.76. The van der Waals surface area contributed by atoms with E-state index in [9.17, 15) is 14.0 Å². The molecule has 2 amide bonds. The molecule has 1 atom stereocenters. The number of anilines is 1. The summed E-state index contributed by atoms with van der Waals surface area (Å²) in [6, 6.07) is 12.7. The third kappa shape index (κ3) is 5.25. The van der Waals surface area contributed by atoms with Gasteiger partial charge in [0, 0.05) is 12.5 Å². The van der Waals surface area contributed by atoms with Gasteiger partial charge in [0.2, 0.25) is 5.91 Å². The molecule has 2 aliphatic rings. The van der Waals surface area contributed by atoms with E-state index in [2.05, 4.69) is 35.7 Å². The van der Waals surface area contributed by atoms with Crippen LogP contribution in [0.15, 0.2) is 66.3 Å². The van der Waals surface area contributed by atoms with Crippen molar-refractivity contribution >= 4 is 17.7 Å². The Hall–Kier alpha value is -3.41. The Bertz CT molecular complexity index is 1060. The third-order valence-electron chi connectivity index (χ3n) is 5.79.